The molecule has 2 atom stereocenters. The zero-order valence-corrected chi connectivity index (χ0v) is 10.8. The lowest BCUT2D eigenvalue weighted by Crippen LogP contribution is -2.47. The summed E-state index contributed by atoms with van der Waals surface area (Å²) in [6.45, 7) is 5.70. The van der Waals surface area contributed by atoms with Crippen molar-refractivity contribution in [2.75, 3.05) is 6.61 Å². The standard InChI is InChI=1S/C12H17NO3S/c1-8-12(2,3-4-16-8)13-6-10-5-9(7-17-10)11(14)15/h5,7-8,13H,3-4,6H2,1-2H3,(H,14,15). The Balaban J connectivity index is 1.95. The molecule has 17 heavy (non-hydrogen) atoms. The van der Waals surface area contributed by atoms with Gasteiger partial charge in [-0.15, -0.1) is 11.3 Å². The van der Waals surface area contributed by atoms with Crippen molar-refractivity contribution in [2.45, 2.75) is 38.5 Å². The van der Waals surface area contributed by atoms with Crippen LogP contribution in [0, 0.1) is 0 Å². The molecule has 2 unspecified atom stereocenters. The van der Waals surface area contributed by atoms with E-state index in [4.69, 9.17) is 9.84 Å². The fraction of sp³-hybridized carbons (Fsp3) is 0.583. The summed E-state index contributed by atoms with van der Waals surface area (Å²) >= 11 is 1.48. The number of carboxylic acid groups (broad SMARTS) is 1. The minimum Gasteiger partial charge on any atom is -0.478 e. The zero-order valence-electron chi connectivity index (χ0n) is 10.0. The van der Waals surface area contributed by atoms with Gasteiger partial charge in [-0.2, -0.15) is 0 Å². The second-order valence-corrected chi connectivity index (χ2v) is 5.64. The fourth-order valence-electron chi connectivity index (χ4n) is 1.94. The van der Waals surface area contributed by atoms with E-state index in [9.17, 15) is 4.79 Å². The maximum Gasteiger partial charge on any atom is 0.336 e. The molecule has 0 amide bonds. The average molecular weight is 255 g/mol. The minimum atomic E-state index is -0.865. The predicted octanol–water partition coefficient (Wildman–Crippen LogP) is 2.10. The van der Waals surface area contributed by atoms with Gasteiger partial charge < -0.3 is 15.2 Å². The Bertz CT molecular complexity index is 418. The predicted molar refractivity (Wildman–Crippen MR) is 66.6 cm³/mol. The first kappa shape index (κ1) is 12.5. The van der Waals surface area contributed by atoms with Gasteiger partial charge in [-0.3, -0.25) is 0 Å². The van der Waals surface area contributed by atoms with E-state index in [-0.39, 0.29) is 11.6 Å². The normalized spacial score (nSPS) is 28.5. The Kier molecular flexibility index (Phi) is 3.51. The number of thiophene rings is 1. The van der Waals surface area contributed by atoms with E-state index >= 15 is 0 Å². The largest absolute Gasteiger partial charge is 0.478 e. The van der Waals surface area contributed by atoms with E-state index in [1.165, 1.54) is 11.3 Å². The van der Waals surface area contributed by atoms with Crippen LogP contribution in [-0.2, 0) is 11.3 Å². The summed E-state index contributed by atoms with van der Waals surface area (Å²) in [6.07, 6.45) is 1.19. The second-order valence-electron chi connectivity index (χ2n) is 4.64. The van der Waals surface area contributed by atoms with Crippen LogP contribution in [0.25, 0.3) is 0 Å². The van der Waals surface area contributed by atoms with Crippen molar-refractivity contribution in [1.29, 1.82) is 0 Å². The van der Waals surface area contributed by atoms with Crippen LogP contribution >= 0.6 is 11.3 Å². The Morgan fingerprint density at radius 3 is 3.06 bits per heavy atom. The van der Waals surface area contributed by atoms with Crippen molar-refractivity contribution in [3.63, 3.8) is 0 Å². The van der Waals surface area contributed by atoms with Crippen LogP contribution in [0.2, 0.25) is 0 Å². The fourth-order valence-corrected chi connectivity index (χ4v) is 2.74. The molecule has 0 bridgehead atoms. The third-order valence-electron chi connectivity index (χ3n) is 3.45. The number of nitrogens with one attached hydrogen (secondary N) is 1. The molecular formula is C12H17NO3S. The molecule has 4 nitrogen and oxygen atoms in total. The molecular weight excluding hydrogens is 238 g/mol. The minimum absolute atomic E-state index is 0.00657. The van der Waals surface area contributed by atoms with Crippen LogP contribution in [0.15, 0.2) is 11.4 Å². The Hall–Kier alpha value is -0.910. The third-order valence-corrected chi connectivity index (χ3v) is 4.39. The molecule has 1 aromatic rings. The number of aromatic carboxylic acids is 1. The summed E-state index contributed by atoms with van der Waals surface area (Å²) in [5.74, 6) is -0.865. The first-order chi connectivity index (χ1) is 8.01. The highest BCUT2D eigenvalue weighted by Crippen LogP contribution is 2.26. The summed E-state index contributed by atoms with van der Waals surface area (Å²) in [4.78, 5) is 11.8. The molecule has 0 aliphatic carbocycles. The first-order valence-electron chi connectivity index (χ1n) is 5.68. The van der Waals surface area contributed by atoms with Gasteiger partial charge in [0.1, 0.15) is 0 Å². The molecule has 1 aliphatic heterocycles. The first-order valence-corrected chi connectivity index (χ1v) is 6.56. The Labute approximate surface area is 105 Å². The summed E-state index contributed by atoms with van der Waals surface area (Å²) in [5, 5.41) is 14.0. The molecule has 0 aromatic carbocycles. The van der Waals surface area contributed by atoms with Gasteiger partial charge in [-0.1, -0.05) is 0 Å². The van der Waals surface area contributed by atoms with Crippen molar-refractivity contribution in [3.05, 3.63) is 21.9 Å². The zero-order chi connectivity index (χ0) is 12.5. The van der Waals surface area contributed by atoms with Crippen molar-refractivity contribution < 1.29 is 14.6 Å². The van der Waals surface area contributed by atoms with Crippen molar-refractivity contribution in [3.8, 4) is 0 Å². The Morgan fingerprint density at radius 1 is 1.76 bits per heavy atom. The highest BCUT2D eigenvalue weighted by atomic mass is 32.1. The molecule has 0 radical (unpaired) electrons. The Morgan fingerprint density at radius 2 is 2.53 bits per heavy atom. The molecule has 2 heterocycles. The summed E-state index contributed by atoms with van der Waals surface area (Å²) in [6, 6.07) is 1.73. The van der Waals surface area contributed by atoms with E-state index in [0.29, 0.717) is 12.1 Å². The number of hydrogen-bond donors (Lipinski definition) is 2. The van der Waals surface area contributed by atoms with Gasteiger partial charge in [0.25, 0.3) is 0 Å². The highest BCUT2D eigenvalue weighted by Gasteiger charge is 2.36. The number of carbonyl (C=O) groups is 1. The summed E-state index contributed by atoms with van der Waals surface area (Å²) < 4.78 is 5.55. The number of hydrogen-bond acceptors (Lipinski definition) is 4. The molecule has 94 valence electrons. The van der Waals surface area contributed by atoms with E-state index in [2.05, 4.69) is 19.2 Å². The highest BCUT2D eigenvalue weighted by molar-refractivity contribution is 7.10. The lowest BCUT2D eigenvalue weighted by molar-refractivity contribution is 0.0697. The van der Waals surface area contributed by atoms with Crippen molar-refractivity contribution >= 4 is 17.3 Å². The van der Waals surface area contributed by atoms with Crippen LogP contribution in [0.1, 0.15) is 35.5 Å². The lowest BCUT2D eigenvalue weighted by atomic mass is 9.95. The van der Waals surface area contributed by atoms with E-state index in [0.717, 1.165) is 17.9 Å². The smallest absolute Gasteiger partial charge is 0.336 e. The lowest BCUT2D eigenvalue weighted by Gasteiger charge is -2.28. The molecule has 2 N–H and O–H groups in total. The van der Waals surface area contributed by atoms with E-state index in [1.54, 1.807) is 11.4 Å². The molecule has 5 heteroatoms. The topological polar surface area (TPSA) is 58.6 Å². The van der Waals surface area contributed by atoms with Crippen LogP contribution in [0.5, 0.6) is 0 Å². The van der Waals surface area contributed by atoms with Crippen molar-refractivity contribution in [2.24, 2.45) is 0 Å². The number of carboxylic acids is 1. The number of rotatable bonds is 4. The van der Waals surface area contributed by atoms with Gasteiger partial charge in [0.2, 0.25) is 0 Å². The molecule has 1 aromatic heterocycles. The second kappa shape index (κ2) is 4.76. The summed E-state index contributed by atoms with van der Waals surface area (Å²) in [5.41, 5.74) is 0.362. The van der Waals surface area contributed by atoms with Crippen LogP contribution in [0.3, 0.4) is 0 Å². The van der Waals surface area contributed by atoms with Gasteiger partial charge in [0.05, 0.1) is 11.7 Å². The molecule has 1 saturated heterocycles. The average Bonchev–Trinajstić information content (AvgIpc) is 2.85. The molecule has 0 spiro atoms. The van der Waals surface area contributed by atoms with E-state index in [1.807, 2.05) is 0 Å². The maximum atomic E-state index is 10.8. The molecule has 1 aliphatic rings. The van der Waals surface area contributed by atoms with Gasteiger partial charge >= 0.3 is 5.97 Å². The van der Waals surface area contributed by atoms with Crippen LogP contribution in [-0.4, -0.2) is 29.3 Å². The molecule has 1 fully saturated rings. The monoisotopic (exact) mass is 255 g/mol. The van der Waals surface area contributed by atoms with Gasteiger partial charge in [0, 0.05) is 28.9 Å². The maximum absolute atomic E-state index is 10.8. The summed E-state index contributed by atoms with van der Waals surface area (Å²) in [7, 11) is 0. The van der Waals surface area contributed by atoms with E-state index < -0.39 is 5.97 Å². The van der Waals surface area contributed by atoms with Gasteiger partial charge in [0.15, 0.2) is 0 Å². The van der Waals surface area contributed by atoms with Crippen LogP contribution in [0.4, 0.5) is 0 Å². The van der Waals surface area contributed by atoms with Gasteiger partial charge in [-0.25, -0.2) is 4.79 Å². The third kappa shape index (κ3) is 2.68. The van der Waals surface area contributed by atoms with Crippen LogP contribution < -0.4 is 5.32 Å². The quantitative estimate of drug-likeness (QED) is 0.865. The molecule has 0 saturated carbocycles. The van der Waals surface area contributed by atoms with Gasteiger partial charge in [-0.05, 0) is 26.3 Å². The molecule has 2 rings (SSSR count). The number of ether oxygens (including phenoxy) is 1. The SMILES string of the molecule is CC1OCCC1(C)NCc1cc(C(=O)O)cs1. The van der Waals surface area contributed by atoms with Crippen molar-refractivity contribution in [1.82, 2.24) is 5.32 Å².